The lowest BCUT2D eigenvalue weighted by atomic mass is 10.2. The topological polar surface area (TPSA) is 26.3 Å². The van der Waals surface area contributed by atoms with Crippen LogP contribution < -0.4 is 4.74 Å². The van der Waals surface area contributed by atoms with Crippen molar-refractivity contribution in [3.63, 3.8) is 0 Å². The third-order valence-electron chi connectivity index (χ3n) is 1.69. The van der Waals surface area contributed by atoms with Gasteiger partial charge < -0.3 is 4.74 Å². The van der Waals surface area contributed by atoms with E-state index in [2.05, 4.69) is 11.3 Å². The van der Waals surface area contributed by atoms with E-state index in [-0.39, 0.29) is 5.75 Å². The average molecular weight is 230 g/mol. The van der Waals surface area contributed by atoms with Gasteiger partial charge in [0.2, 0.25) is 0 Å². The Kier molecular flexibility index (Phi) is 3.71. The molecule has 0 atom stereocenters. The number of benzene rings is 1. The molecule has 0 radical (unpaired) electrons. The molecule has 0 saturated heterocycles. The number of ether oxygens (including phenoxy) is 1. The fourth-order valence-electron chi connectivity index (χ4n) is 1.00. The average Bonchev–Trinajstić information content (AvgIpc) is 2.16. The van der Waals surface area contributed by atoms with Gasteiger partial charge in [0.15, 0.2) is 0 Å². The Labute approximate surface area is 90.3 Å². The fourth-order valence-corrected chi connectivity index (χ4v) is 1.00. The second-order valence-electron chi connectivity index (χ2n) is 3.04. The van der Waals surface area contributed by atoms with E-state index < -0.39 is 18.6 Å². The van der Waals surface area contributed by atoms with Gasteiger partial charge in [-0.3, -0.25) is 4.79 Å². The molecule has 0 aliphatic heterocycles. The molecule has 0 unspecified atom stereocenters. The highest BCUT2D eigenvalue weighted by atomic mass is 19.4. The van der Waals surface area contributed by atoms with Gasteiger partial charge in [-0.15, -0.1) is 0 Å². The zero-order chi connectivity index (χ0) is 12.2. The summed E-state index contributed by atoms with van der Waals surface area (Å²) < 4.78 is 39.9. The predicted octanol–water partition coefficient (Wildman–Crippen LogP) is 3.19. The number of rotatable bonds is 3. The molecule has 1 aromatic carbocycles. The molecular weight excluding hydrogens is 221 g/mol. The van der Waals surface area contributed by atoms with Crippen molar-refractivity contribution in [3.05, 3.63) is 36.4 Å². The number of hydrogen-bond acceptors (Lipinski definition) is 2. The molecule has 0 bridgehead atoms. The van der Waals surface area contributed by atoms with E-state index in [4.69, 9.17) is 0 Å². The van der Waals surface area contributed by atoms with Crippen LogP contribution in [0, 0.1) is 0 Å². The number of esters is 1. The molecule has 5 heteroatoms. The van der Waals surface area contributed by atoms with Crippen molar-refractivity contribution in [2.45, 2.75) is 12.6 Å². The number of halogens is 3. The summed E-state index contributed by atoms with van der Waals surface area (Å²) in [6, 6.07) is 5.99. The third kappa shape index (κ3) is 4.16. The molecular formula is C11H9F3O2. The van der Waals surface area contributed by atoms with Crippen molar-refractivity contribution >= 4 is 12.0 Å². The van der Waals surface area contributed by atoms with Gasteiger partial charge in [0.1, 0.15) is 12.2 Å². The van der Waals surface area contributed by atoms with E-state index in [0.717, 1.165) is 5.56 Å². The Hall–Kier alpha value is -1.78. The molecule has 0 aromatic heterocycles. The summed E-state index contributed by atoms with van der Waals surface area (Å²) >= 11 is 0. The van der Waals surface area contributed by atoms with Gasteiger partial charge in [-0.05, 0) is 17.7 Å². The Morgan fingerprint density at radius 2 is 1.88 bits per heavy atom. The zero-order valence-corrected chi connectivity index (χ0v) is 8.25. The number of carbonyl (C=O) groups excluding carboxylic acids is 1. The summed E-state index contributed by atoms with van der Waals surface area (Å²) in [5.41, 5.74) is 0.788. The monoisotopic (exact) mass is 230 g/mol. The van der Waals surface area contributed by atoms with E-state index in [1.165, 1.54) is 12.1 Å². The van der Waals surface area contributed by atoms with Crippen LogP contribution in [0.2, 0.25) is 0 Å². The summed E-state index contributed by atoms with van der Waals surface area (Å²) in [6.07, 6.45) is -4.56. The SMILES string of the molecule is C=Cc1ccc(OC(=O)CC(F)(F)F)cc1. The molecule has 86 valence electrons. The van der Waals surface area contributed by atoms with Crippen molar-refractivity contribution in [1.29, 1.82) is 0 Å². The Bertz CT molecular complexity index is 379. The van der Waals surface area contributed by atoms with Crippen LogP contribution in [-0.4, -0.2) is 12.1 Å². The first kappa shape index (κ1) is 12.3. The third-order valence-corrected chi connectivity index (χ3v) is 1.69. The van der Waals surface area contributed by atoms with Crippen molar-refractivity contribution in [1.82, 2.24) is 0 Å². The molecule has 0 amide bonds. The highest BCUT2D eigenvalue weighted by Crippen LogP contribution is 2.21. The van der Waals surface area contributed by atoms with Gasteiger partial charge >= 0.3 is 12.1 Å². The minimum Gasteiger partial charge on any atom is -0.426 e. The summed E-state index contributed by atoms with van der Waals surface area (Å²) in [6.45, 7) is 3.51. The minimum absolute atomic E-state index is 0.0832. The van der Waals surface area contributed by atoms with Gasteiger partial charge in [0.05, 0.1) is 0 Å². The maximum absolute atomic E-state index is 11.8. The molecule has 1 aromatic rings. The van der Waals surface area contributed by atoms with E-state index in [1.54, 1.807) is 18.2 Å². The minimum atomic E-state index is -4.54. The van der Waals surface area contributed by atoms with Gasteiger partial charge in [0.25, 0.3) is 0 Å². The lowest BCUT2D eigenvalue weighted by Crippen LogP contribution is -2.19. The quantitative estimate of drug-likeness (QED) is 0.588. The molecule has 0 aliphatic carbocycles. The van der Waals surface area contributed by atoms with E-state index in [1.807, 2.05) is 0 Å². The van der Waals surface area contributed by atoms with Crippen LogP contribution in [0.5, 0.6) is 5.75 Å². The first-order chi connectivity index (χ1) is 7.40. The van der Waals surface area contributed by atoms with Crippen LogP contribution in [0.15, 0.2) is 30.8 Å². The van der Waals surface area contributed by atoms with Gasteiger partial charge in [-0.25, -0.2) is 0 Å². The lowest BCUT2D eigenvalue weighted by molar-refractivity contribution is -0.163. The summed E-state index contributed by atoms with van der Waals surface area (Å²) in [7, 11) is 0. The van der Waals surface area contributed by atoms with Crippen LogP contribution in [0.1, 0.15) is 12.0 Å². The molecule has 2 nitrogen and oxygen atoms in total. The molecule has 0 aliphatic rings. The fraction of sp³-hybridized carbons (Fsp3) is 0.182. The lowest BCUT2D eigenvalue weighted by Gasteiger charge is -2.06. The largest absolute Gasteiger partial charge is 0.426 e. The molecule has 0 heterocycles. The Balaban J connectivity index is 2.59. The van der Waals surface area contributed by atoms with E-state index >= 15 is 0 Å². The maximum atomic E-state index is 11.8. The smallest absolute Gasteiger partial charge is 0.399 e. The van der Waals surface area contributed by atoms with Crippen LogP contribution >= 0.6 is 0 Å². The normalized spacial score (nSPS) is 10.9. The number of hydrogen-bond donors (Lipinski definition) is 0. The second-order valence-corrected chi connectivity index (χ2v) is 3.04. The van der Waals surface area contributed by atoms with Crippen molar-refractivity contribution in [3.8, 4) is 5.75 Å². The van der Waals surface area contributed by atoms with Gasteiger partial charge in [-0.2, -0.15) is 13.2 Å². The summed E-state index contributed by atoms with van der Waals surface area (Å²) in [4.78, 5) is 10.8. The van der Waals surface area contributed by atoms with Crippen LogP contribution in [0.4, 0.5) is 13.2 Å². The van der Waals surface area contributed by atoms with Gasteiger partial charge in [0, 0.05) is 0 Å². The summed E-state index contributed by atoms with van der Waals surface area (Å²) in [5, 5.41) is 0. The first-order valence-corrected chi connectivity index (χ1v) is 4.40. The van der Waals surface area contributed by atoms with Crippen molar-refractivity contribution in [2.24, 2.45) is 0 Å². The predicted molar refractivity (Wildman–Crippen MR) is 52.8 cm³/mol. The van der Waals surface area contributed by atoms with Crippen LogP contribution in [0.25, 0.3) is 6.08 Å². The standard InChI is InChI=1S/C11H9F3O2/c1-2-8-3-5-9(6-4-8)16-10(15)7-11(12,13)14/h2-6H,1,7H2. The molecule has 0 saturated carbocycles. The molecule has 1 rings (SSSR count). The van der Waals surface area contributed by atoms with Crippen molar-refractivity contribution < 1.29 is 22.7 Å². The van der Waals surface area contributed by atoms with E-state index in [9.17, 15) is 18.0 Å². The molecule has 0 spiro atoms. The zero-order valence-electron chi connectivity index (χ0n) is 8.25. The molecule has 0 fully saturated rings. The molecule has 0 N–H and O–H groups in total. The van der Waals surface area contributed by atoms with E-state index in [0.29, 0.717) is 0 Å². The highest BCUT2D eigenvalue weighted by molar-refractivity contribution is 5.73. The number of alkyl halides is 3. The second kappa shape index (κ2) is 4.83. The summed E-state index contributed by atoms with van der Waals surface area (Å²) in [5.74, 6) is -1.24. The maximum Gasteiger partial charge on any atom is 0.399 e. The van der Waals surface area contributed by atoms with Crippen LogP contribution in [0.3, 0.4) is 0 Å². The first-order valence-electron chi connectivity index (χ1n) is 4.40. The van der Waals surface area contributed by atoms with Crippen LogP contribution in [-0.2, 0) is 4.79 Å². The van der Waals surface area contributed by atoms with Crippen molar-refractivity contribution in [2.75, 3.05) is 0 Å². The highest BCUT2D eigenvalue weighted by Gasteiger charge is 2.32. The number of carbonyl (C=O) groups is 1. The van der Waals surface area contributed by atoms with Gasteiger partial charge in [-0.1, -0.05) is 24.8 Å². The Morgan fingerprint density at radius 1 is 1.31 bits per heavy atom. The Morgan fingerprint density at radius 3 is 2.31 bits per heavy atom. The molecule has 16 heavy (non-hydrogen) atoms.